The van der Waals surface area contributed by atoms with Gasteiger partial charge in [0.2, 0.25) is 0 Å². The van der Waals surface area contributed by atoms with Gasteiger partial charge in [-0.25, -0.2) is 0 Å². The molecule has 2 fully saturated rings. The van der Waals surface area contributed by atoms with Crippen molar-refractivity contribution in [3.63, 3.8) is 0 Å². The predicted octanol–water partition coefficient (Wildman–Crippen LogP) is 2.61. The van der Waals surface area contributed by atoms with Gasteiger partial charge in [-0.1, -0.05) is 12.8 Å². The van der Waals surface area contributed by atoms with Gasteiger partial charge in [0.05, 0.1) is 0 Å². The largest absolute Gasteiger partial charge is 0.300 e. The van der Waals surface area contributed by atoms with E-state index >= 15 is 0 Å². The van der Waals surface area contributed by atoms with Crippen LogP contribution >= 0.6 is 0 Å². The molecule has 3 nitrogen and oxygen atoms in total. The fourth-order valence-corrected chi connectivity index (χ4v) is 3.57. The minimum Gasteiger partial charge on any atom is -0.300 e. The van der Waals surface area contributed by atoms with Crippen LogP contribution < -0.4 is 0 Å². The van der Waals surface area contributed by atoms with Crippen LogP contribution in [0.4, 0.5) is 0 Å². The van der Waals surface area contributed by atoms with Crippen LogP contribution in [0.3, 0.4) is 0 Å². The average Bonchev–Trinajstić information content (AvgIpc) is 3.01. The maximum Gasteiger partial charge on any atom is 0.0490 e. The van der Waals surface area contributed by atoms with E-state index in [-0.39, 0.29) is 0 Å². The molecule has 1 aromatic heterocycles. The number of nitrogens with one attached hydrogen (secondary N) is 1. The molecule has 1 N–H and O–H groups in total. The molecule has 1 atom stereocenters. The summed E-state index contributed by atoms with van der Waals surface area (Å²) in [6.07, 6.45) is 11.6. The molecule has 17 heavy (non-hydrogen) atoms. The fraction of sp³-hybridized carbons (Fsp3) is 0.786. The second kappa shape index (κ2) is 5.21. The Morgan fingerprint density at radius 1 is 1.24 bits per heavy atom. The summed E-state index contributed by atoms with van der Waals surface area (Å²) in [6.45, 7) is 2.65. The SMILES string of the molecule is c1cc(CC2CCCN(C3CCCC3)C2)[nH]n1. The van der Waals surface area contributed by atoms with E-state index in [4.69, 9.17) is 0 Å². The molecule has 0 radical (unpaired) electrons. The Bertz CT molecular complexity index is 327. The van der Waals surface area contributed by atoms with Crippen LogP contribution in [0.2, 0.25) is 0 Å². The van der Waals surface area contributed by atoms with Crippen LogP contribution in [0, 0.1) is 5.92 Å². The van der Waals surface area contributed by atoms with E-state index in [1.807, 2.05) is 6.20 Å². The summed E-state index contributed by atoms with van der Waals surface area (Å²) >= 11 is 0. The quantitative estimate of drug-likeness (QED) is 0.870. The molecule has 1 aliphatic carbocycles. The van der Waals surface area contributed by atoms with Gasteiger partial charge >= 0.3 is 0 Å². The molecule has 0 amide bonds. The molecule has 1 unspecified atom stereocenters. The molecule has 2 aliphatic rings. The number of rotatable bonds is 3. The van der Waals surface area contributed by atoms with E-state index in [0.717, 1.165) is 12.0 Å². The van der Waals surface area contributed by atoms with E-state index < -0.39 is 0 Å². The average molecular weight is 233 g/mol. The van der Waals surface area contributed by atoms with E-state index in [0.29, 0.717) is 0 Å². The number of hydrogen-bond donors (Lipinski definition) is 1. The van der Waals surface area contributed by atoms with Crippen molar-refractivity contribution < 1.29 is 0 Å². The summed E-state index contributed by atoms with van der Waals surface area (Å²) in [5.41, 5.74) is 1.31. The van der Waals surface area contributed by atoms with Crippen LogP contribution in [0.1, 0.15) is 44.2 Å². The highest BCUT2D eigenvalue weighted by molar-refractivity contribution is 4.99. The monoisotopic (exact) mass is 233 g/mol. The number of nitrogens with zero attached hydrogens (tertiary/aromatic N) is 2. The highest BCUT2D eigenvalue weighted by Gasteiger charge is 2.27. The molecule has 0 bridgehead atoms. The van der Waals surface area contributed by atoms with Crippen molar-refractivity contribution in [2.24, 2.45) is 5.92 Å². The van der Waals surface area contributed by atoms with E-state index in [1.54, 1.807) is 0 Å². The first-order chi connectivity index (χ1) is 8.42. The van der Waals surface area contributed by atoms with Gasteiger partial charge in [0.15, 0.2) is 0 Å². The van der Waals surface area contributed by atoms with E-state index in [1.165, 1.54) is 63.7 Å². The Morgan fingerprint density at radius 3 is 2.88 bits per heavy atom. The zero-order chi connectivity index (χ0) is 11.5. The summed E-state index contributed by atoms with van der Waals surface area (Å²) in [7, 11) is 0. The number of hydrogen-bond acceptors (Lipinski definition) is 2. The smallest absolute Gasteiger partial charge is 0.0490 e. The first-order valence-electron chi connectivity index (χ1n) is 7.14. The summed E-state index contributed by atoms with van der Waals surface area (Å²) in [4.78, 5) is 2.76. The molecule has 1 saturated carbocycles. The fourth-order valence-electron chi connectivity index (χ4n) is 3.57. The topological polar surface area (TPSA) is 31.9 Å². The Hall–Kier alpha value is -0.830. The molecule has 1 aliphatic heterocycles. The molecule has 3 heteroatoms. The first-order valence-corrected chi connectivity index (χ1v) is 7.14. The predicted molar refractivity (Wildman–Crippen MR) is 68.8 cm³/mol. The Balaban J connectivity index is 1.55. The van der Waals surface area contributed by atoms with E-state index in [2.05, 4.69) is 21.2 Å². The second-order valence-corrected chi connectivity index (χ2v) is 5.73. The van der Waals surface area contributed by atoms with Gasteiger partial charge in [-0.3, -0.25) is 5.10 Å². The van der Waals surface area contributed by atoms with Crippen molar-refractivity contribution in [2.45, 2.75) is 51.0 Å². The minimum absolute atomic E-state index is 0.838. The lowest BCUT2D eigenvalue weighted by molar-refractivity contribution is 0.124. The highest BCUT2D eigenvalue weighted by atomic mass is 15.2. The lowest BCUT2D eigenvalue weighted by Gasteiger charge is -2.36. The highest BCUT2D eigenvalue weighted by Crippen LogP contribution is 2.28. The third kappa shape index (κ3) is 2.71. The van der Waals surface area contributed by atoms with Crippen LogP contribution in [0.15, 0.2) is 12.3 Å². The minimum atomic E-state index is 0.838. The van der Waals surface area contributed by atoms with Crippen molar-refractivity contribution in [3.05, 3.63) is 18.0 Å². The number of likely N-dealkylation sites (tertiary alicyclic amines) is 1. The van der Waals surface area contributed by atoms with Gasteiger partial charge < -0.3 is 4.90 Å². The van der Waals surface area contributed by atoms with Crippen molar-refractivity contribution in [2.75, 3.05) is 13.1 Å². The Labute approximate surface area is 104 Å². The molecular formula is C14H23N3. The summed E-state index contributed by atoms with van der Waals surface area (Å²) in [6, 6.07) is 3.02. The third-order valence-electron chi connectivity index (χ3n) is 4.46. The maximum absolute atomic E-state index is 4.05. The lowest BCUT2D eigenvalue weighted by Crippen LogP contribution is -2.42. The molecule has 1 saturated heterocycles. The van der Waals surface area contributed by atoms with Crippen LogP contribution in [-0.2, 0) is 6.42 Å². The second-order valence-electron chi connectivity index (χ2n) is 5.73. The normalized spacial score (nSPS) is 27.6. The number of aromatic nitrogens is 2. The Morgan fingerprint density at radius 2 is 2.12 bits per heavy atom. The third-order valence-corrected chi connectivity index (χ3v) is 4.46. The first kappa shape index (κ1) is 11.3. The van der Waals surface area contributed by atoms with Crippen molar-refractivity contribution in [1.29, 1.82) is 0 Å². The standard InChI is InChI=1S/C14H23N3/c1-2-6-14(5-1)17-9-3-4-12(11-17)10-13-7-8-15-16-13/h7-8,12,14H,1-6,9-11H2,(H,15,16). The van der Waals surface area contributed by atoms with Gasteiger partial charge in [-0.05, 0) is 50.6 Å². The molecular weight excluding hydrogens is 210 g/mol. The molecule has 3 rings (SSSR count). The van der Waals surface area contributed by atoms with Crippen molar-refractivity contribution >= 4 is 0 Å². The van der Waals surface area contributed by atoms with Crippen LogP contribution in [0.25, 0.3) is 0 Å². The molecule has 1 aromatic rings. The number of aromatic amines is 1. The van der Waals surface area contributed by atoms with Gasteiger partial charge in [-0.15, -0.1) is 0 Å². The van der Waals surface area contributed by atoms with Gasteiger partial charge in [-0.2, -0.15) is 5.10 Å². The zero-order valence-electron chi connectivity index (χ0n) is 10.6. The maximum atomic E-state index is 4.05. The number of piperidine rings is 1. The zero-order valence-corrected chi connectivity index (χ0v) is 10.6. The summed E-state index contributed by atoms with van der Waals surface area (Å²) < 4.78 is 0. The molecule has 94 valence electrons. The van der Waals surface area contributed by atoms with Gasteiger partial charge in [0.1, 0.15) is 0 Å². The molecule has 2 heterocycles. The van der Waals surface area contributed by atoms with Crippen molar-refractivity contribution in [1.82, 2.24) is 15.1 Å². The molecule has 0 spiro atoms. The van der Waals surface area contributed by atoms with Crippen molar-refractivity contribution in [3.8, 4) is 0 Å². The van der Waals surface area contributed by atoms with Gasteiger partial charge in [0, 0.05) is 24.5 Å². The summed E-state index contributed by atoms with van der Waals surface area (Å²) in [5.74, 6) is 0.838. The Kier molecular flexibility index (Phi) is 3.46. The summed E-state index contributed by atoms with van der Waals surface area (Å²) in [5, 5.41) is 7.15. The lowest BCUT2D eigenvalue weighted by atomic mass is 9.92. The number of H-pyrrole nitrogens is 1. The van der Waals surface area contributed by atoms with Crippen LogP contribution in [0.5, 0.6) is 0 Å². The van der Waals surface area contributed by atoms with E-state index in [9.17, 15) is 0 Å². The van der Waals surface area contributed by atoms with Gasteiger partial charge in [0.25, 0.3) is 0 Å². The van der Waals surface area contributed by atoms with Crippen LogP contribution in [-0.4, -0.2) is 34.2 Å². The molecule has 0 aromatic carbocycles.